The average molecular weight is 455 g/mol. The summed E-state index contributed by atoms with van der Waals surface area (Å²) in [6.45, 7) is 2.10. The zero-order chi connectivity index (χ0) is 23.3. The second-order valence-electron chi connectivity index (χ2n) is 7.93. The van der Waals surface area contributed by atoms with Crippen LogP contribution in [0.3, 0.4) is 0 Å². The summed E-state index contributed by atoms with van der Waals surface area (Å²) in [6, 6.07) is 34.6. The van der Waals surface area contributed by atoms with E-state index < -0.39 is 10.7 Å². The van der Waals surface area contributed by atoms with Crippen LogP contribution >= 0.6 is 11.8 Å². The van der Waals surface area contributed by atoms with Crippen LogP contribution in [-0.2, 0) is 10.5 Å². The highest BCUT2D eigenvalue weighted by molar-refractivity contribution is 7.99. The molecule has 0 amide bonds. The molecule has 33 heavy (non-hydrogen) atoms. The first-order valence-corrected chi connectivity index (χ1v) is 11.7. The zero-order valence-corrected chi connectivity index (χ0v) is 19.5. The minimum atomic E-state index is -0.911. The van der Waals surface area contributed by atoms with Gasteiger partial charge in [-0.15, -0.1) is 11.8 Å². The molecule has 4 aromatic rings. The van der Waals surface area contributed by atoms with Crippen LogP contribution in [0.5, 0.6) is 5.75 Å². The van der Waals surface area contributed by atoms with E-state index in [1.54, 1.807) is 19.2 Å². The quantitative estimate of drug-likeness (QED) is 0.293. The minimum Gasteiger partial charge on any atom is -0.497 e. The molecule has 3 nitrogen and oxygen atoms in total. The van der Waals surface area contributed by atoms with E-state index in [1.807, 2.05) is 42.1 Å². The fourth-order valence-electron chi connectivity index (χ4n) is 3.97. The highest BCUT2D eigenvalue weighted by Crippen LogP contribution is 2.50. The third kappa shape index (κ3) is 4.81. The van der Waals surface area contributed by atoms with E-state index in [-0.39, 0.29) is 0 Å². The molecule has 4 rings (SSSR count). The topological polar surface area (TPSA) is 46.5 Å². The van der Waals surface area contributed by atoms with E-state index in [1.165, 1.54) is 16.7 Å². The van der Waals surface area contributed by atoms with Gasteiger partial charge in [0, 0.05) is 5.75 Å². The lowest BCUT2D eigenvalue weighted by atomic mass is 9.83. The van der Waals surface area contributed by atoms with E-state index in [4.69, 9.17) is 4.74 Å². The Bertz CT molecular complexity index is 1200. The first-order valence-electron chi connectivity index (χ1n) is 10.8. The number of thioether (sulfide) groups is 1. The number of hydrogen-bond acceptors (Lipinski definition) is 3. The van der Waals surface area contributed by atoms with E-state index in [0.717, 1.165) is 16.9 Å². The Morgan fingerprint density at radius 3 is 1.88 bits per heavy atom. The van der Waals surface area contributed by atoms with Crippen LogP contribution in [-0.4, -0.2) is 18.2 Å². The van der Waals surface area contributed by atoms with E-state index >= 15 is 0 Å². The van der Waals surface area contributed by atoms with Gasteiger partial charge < -0.3 is 9.84 Å². The smallest absolute Gasteiger partial charge is 0.335 e. The largest absolute Gasteiger partial charge is 0.497 e. The van der Waals surface area contributed by atoms with Crippen molar-refractivity contribution in [1.29, 1.82) is 0 Å². The number of rotatable bonds is 8. The Morgan fingerprint density at radius 2 is 1.33 bits per heavy atom. The Balaban J connectivity index is 1.84. The number of carboxylic acids is 1. The predicted octanol–water partition coefficient (Wildman–Crippen LogP) is 6.93. The Kier molecular flexibility index (Phi) is 6.85. The molecule has 0 saturated heterocycles. The number of ether oxygens (including phenoxy) is 1. The van der Waals surface area contributed by atoms with Crippen molar-refractivity contribution in [2.45, 2.75) is 17.4 Å². The number of aryl methyl sites for hydroxylation is 1. The van der Waals surface area contributed by atoms with Crippen LogP contribution in [0.1, 0.15) is 38.2 Å². The Hall–Kier alpha value is -3.50. The monoisotopic (exact) mass is 454 g/mol. The van der Waals surface area contributed by atoms with Crippen molar-refractivity contribution in [3.63, 3.8) is 0 Å². The van der Waals surface area contributed by atoms with E-state index in [2.05, 4.69) is 67.6 Å². The molecule has 0 saturated carbocycles. The van der Waals surface area contributed by atoms with Gasteiger partial charge in [-0.2, -0.15) is 0 Å². The molecule has 1 N–H and O–H groups in total. The van der Waals surface area contributed by atoms with Gasteiger partial charge in [0.25, 0.3) is 0 Å². The molecule has 0 bridgehead atoms. The second-order valence-corrected chi connectivity index (χ2v) is 9.12. The molecule has 1 unspecified atom stereocenters. The molecule has 0 fully saturated rings. The third-order valence-corrected chi connectivity index (χ3v) is 7.41. The van der Waals surface area contributed by atoms with Crippen LogP contribution in [0.2, 0.25) is 0 Å². The summed E-state index contributed by atoms with van der Waals surface area (Å²) in [7, 11) is 1.68. The molecule has 0 spiro atoms. The fraction of sp³-hybridized carbons (Fsp3) is 0.138. The van der Waals surface area contributed by atoms with Crippen molar-refractivity contribution in [3.05, 3.63) is 137 Å². The average Bonchev–Trinajstić information content (AvgIpc) is 2.86. The van der Waals surface area contributed by atoms with E-state index in [0.29, 0.717) is 11.3 Å². The van der Waals surface area contributed by atoms with Gasteiger partial charge in [0.15, 0.2) is 0 Å². The highest BCUT2D eigenvalue weighted by atomic mass is 32.2. The lowest BCUT2D eigenvalue weighted by molar-refractivity contribution is 0.0697. The minimum absolute atomic E-state index is 0.298. The highest BCUT2D eigenvalue weighted by Gasteiger charge is 2.37. The molecule has 4 heteroatoms. The van der Waals surface area contributed by atoms with Crippen LogP contribution in [0, 0.1) is 6.92 Å². The molecule has 0 heterocycles. The summed E-state index contributed by atoms with van der Waals surface area (Å²) in [5.74, 6) is 0.624. The van der Waals surface area contributed by atoms with Crippen LogP contribution in [0.4, 0.5) is 0 Å². The van der Waals surface area contributed by atoms with Crippen molar-refractivity contribution >= 4 is 17.7 Å². The maximum absolute atomic E-state index is 11.2. The normalized spacial score (nSPS) is 12.7. The van der Waals surface area contributed by atoms with Crippen molar-refractivity contribution in [1.82, 2.24) is 0 Å². The van der Waals surface area contributed by atoms with Gasteiger partial charge in [-0.05, 0) is 53.4 Å². The van der Waals surface area contributed by atoms with Crippen LogP contribution in [0.15, 0.2) is 103 Å². The number of carboxylic acid groups (broad SMARTS) is 1. The first kappa shape index (κ1) is 22.7. The summed E-state index contributed by atoms with van der Waals surface area (Å²) in [5.41, 5.74) is 6.12. The van der Waals surface area contributed by atoms with Gasteiger partial charge in [-0.25, -0.2) is 4.79 Å². The molecule has 0 aliphatic carbocycles. The number of carbonyl (C=O) groups is 1. The SMILES string of the molecule is COc1ccc(C(SCc2ccc(C(=O)O)cc2)(c2ccccc2)c2ccc(C)cc2)cc1. The first-order chi connectivity index (χ1) is 16.0. The maximum Gasteiger partial charge on any atom is 0.335 e. The standard InChI is InChI=1S/C29H26O3S/c1-21-8-14-25(15-9-21)29(24-6-4-3-5-7-24,26-16-18-27(32-2)19-17-26)33-20-22-10-12-23(13-11-22)28(30)31/h3-19H,20H2,1-2H3,(H,30,31). The lowest BCUT2D eigenvalue weighted by Crippen LogP contribution is -2.26. The van der Waals surface area contributed by atoms with Crippen molar-refractivity contribution in [2.24, 2.45) is 0 Å². The molecule has 0 aliphatic rings. The Labute approximate surface area is 199 Å². The number of benzene rings is 4. The van der Waals surface area contributed by atoms with Gasteiger partial charge in [-0.3, -0.25) is 0 Å². The molecule has 0 radical (unpaired) electrons. The molecular weight excluding hydrogens is 428 g/mol. The summed E-state index contributed by atoms with van der Waals surface area (Å²) in [4.78, 5) is 11.2. The van der Waals surface area contributed by atoms with Crippen molar-refractivity contribution < 1.29 is 14.6 Å². The lowest BCUT2D eigenvalue weighted by Gasteiger charge is -2.36. The summed E-state index contributed by atoms with van der Waals surface area (Å²) < 4.78 is 4.96. The third-order valence-electron chi connectivity index (χ3n) is 5.79. The van der Waals surface area contributed by atoms with Crippen LogP contribution < -0.4 is 4.74 Å². The molecule has 166 valence electrons. The van der Waals surface area contributed by atoms with Crippen LogP contribution in [0.25, 0.3) is 0 Å². The second kappa shape index (κ2) is 9.97. The summed E-state index contributed by atoms with van der Waals surface area (Å²) in [6.07, 6.45) is 0. The maximum atomic E-state index is 11.2. The summed E-state index contributed by atoms with van der Waals surface area (Å²) in [5, 5.41) is 9.23. The van der Waals surface area contributed by atoms with Crippen molar-refractivity contribution in [2.75, 3.05) is 7.11 Å². The molecule has 4 aromatic carbocycles. The number of hydrogen-bond donors (Lipinski definition) is 1. The molecule has 0 aliphatic heterocycles. The summed E-state index contributed by atoms with van der Waals surface area (Å²) >= 11 is 1.83. The number of aromatic carboxylic acids is 1. The van der Waals surface area contributed by atoms with E-state index in [9.17, 15) is 9.90 Å². The fourth-order valence-corrected chi connectivity index (χ4v) is 5.46. The van der Waals surface area contributed by atoms with Gasteiger partial charge in [-0.1, -0.05) is 84.4 Å². The predicted molar refractivity (Wildman–Crippen MR) is 135 cm³/mol. The molecule has 1 atom stereocenters. The van der Waals surface area contributed by atoms with Gasteiger partial charge in [0.05, 0.1) is 17.4 Å². The van der Waals surface area contributed by atoms with Gasteiger partial charge in [0.1, 0.15) is 5.75 Å². The molecular formula is C29H26O3S. The van der Waals surface area contributed by atoms with Gasteiger partial charge >= 0.3 is 5.97 Å². The zero-order valence-electron chi connectivity index (χ0n) is 18.7. The van der Waals surface area contributed by atoms with Crippen molar-refractivity contribution in [3.8, 4) is 5.75 Å². The van der Waals surface area contributed by atoms with Gasteiger partial charge in [0.2, 0.25) is 0 Å². The molecule has 0 aromatic heterocycles. The number of methoxy groups -OCH3 is 1. The Morgan fingerprint density at radius 1 is 0.788 bits per heavy atom.